The van der Waals surface area contributed by atoms with Gasteiger partial charge in [0.05, 0.1) is 0 Å². The molecule has 0 aromatic heterocycles. The molecule has 0 saturated carbocycles. The van der Waals surface area contributed by atoms with Crippen LogP contribution in [0.15, 0.2) is 24.3 Å². The first kappa shape index (κ1) is 15.5. The van der Waals surface area contributed by atoms with E-state index in [4.69, 9.17) is 0 Å². The third-order valence-corrected chi connectivity index (χ3v) is 3.82. The van der Waals surface area contributed by atoms with Crippen molar-refractivity contribution in [2.24, 2.45) is 0 Å². The van der Waals surface area contributed by atoms with Crippen LogP contribution in [0.25, 0.3) is 0 Å². The van der Waals surface area contributed by atoms with Crippen LogP contribution < -0.4 is 0 Å². The van der Waals surface area contributed by atoms with E-state index < -0.39 is 0 Å². The third kappa shape index (κ3) is 10.6. The molecule has 0 spiro atoms. The SMILES string of the molecule is C1=CCCCCCCCCCCCCC=CCC1. The molecule has 0 heterocycles. The van der Waals surface area contributed by atoms with Crippen LogP contribution >= 0.6 is 0 Å². The minimum Gasteiger partial charge on any atom is -0.0885 e. The summed E-state index contributed by atoms with van der Waals surface area (Å²) >= 11 is 0. The maximum absolute atomic E-state index is 2.39. The van der Waals surface area contributed by atoms with E-state index in [0.29, 0.717) is 0 Å². The van der Waals surface area contributed by atoms with E-state index in [1.807, 2.05) is 0 Å². The van der Waals surface area contributed by atoms with Gasteiger partial charge in [-0.05, 0) is 38.5 Å². The molecule has 18 heavy (non-hydrogen) atoms. The van der Waals surface area contributed by atoms with Crippen LogP contribution in [-0.4, -0.2) is 0 Å². The van der Waals surface area contributed by atoms with Crippen LogP contribution in [-0.2, 0) is 0 Å². The molecule has 0 atom stereocenters. The Hall–Kier alpha value is -0.520. The normalized spacial score (nSPS) is 22.2. The van der Waals surface area contributed by atoms with Crippen molar-refractivity contribution >= 4 is 0 Å². The highest BCUT2D eigenvalue weighted by atomic mass is 14.0. The Kier molecular flexibility index (Phi) is 11.2. The van der Waals surface area contributed by atoms with Crippen LogP contribution in [0.1, 0.15) is 89.9 Å². The molecule has 0 heteroatoms. The average Bonchev–Trinajstić information content (AvgIpc) is 2.39. The fourth-order valence-electron chi connectivity index (χ4n) is 2.60. The molecule has 0 aromatic rings. The van der Waals surface area contributed by atoms with Crippen molar-refractivity contribution in [2.75, 3.05) is 0 Å². The summed E-state index contributed by atoms with van der Waals surface area (Å²) in [5.74, 6) is 0. The summed E-state index contributed by atoms with van der Waals surface area (Å²) in [6.45, 7) is 0. The minimum absolute atomic E-state index is 1.23. The summed E-state index contributed by atoms with van der Waals surface area (Å²) < 4.78 is 0. The lowest BCUT2D eigenvalue weighted by molar-refractivity contribution is 0.553. The van der Waals surface area contributed by atoms with Gasteiger partial charge in [-0.1, -0.05) is 75.7 Å². The largest absolute Gasteiger partial charge is 0.0885 e. The van der Waals surface area contributed by atoms with E-state index in [2.05, 4.69) is 24.3 Å². The van der Waals surface area contributed by atoms with Crippen LogP contribution in [0.4, 0.5) is 0 Å². The Morgan fingerprint density at radius 3 is 0.944 bits per heavy atom. The molecule has 0 fully saturated rings. The highest BCUT2D eigenvalue weighted by Crippen LogP contribution is 2.12. The van der Waals surface area contributed by atoms with Gasteiger partial charge in [0.25, 0.3) is 0 Å². The second-order valence-corrected chi connectivity index (χ2v) is 5.63. The lowest BCUT2D eigenvalue weighted by atomic mass is 10.0. The Bertz CT molecular complexity index is 188. The topological polar surface area (TPSA) is 0 Å². The fourth-order valence-corrected chi connectivity index (χ4v) is 2.60. The van der Waals surface area contributed by atoms with Gasteiger partial charge in [-0.2, -0.15) is 0 Å². The zero-order valence-electron chi connectivity index (χ0n) is 12.2. The van der Waals surface area contributed by atoms with E-state index in [-0.39, 0.29) is 0 Å². The lowest BCUT2D eigenvalue weighted by Gasteiger charge is -2.02. The molecule has 0 unspecified atom stereocenters. The van der Waals surface area contributed by atoms with E-state index in [9.17, 15) is 0 Å². The maximum atomic E-state index is 2.39. The second-order valence-electron chi connectivity index (χ2n) is 5.63. The van der Waals surface area contributed by atoms with Crippen molar-refractivity contribution in [3.63, 3.8) is 0 Å². The Balaban J connectivity index is 2.13. The van der Waals surface area contributed by atoms with Crippen molar-refractivity contribution < 1.29 is 0 Å². The maximum Gasteiger partial charge on any atom is -0.0316 e. The van der Waals surface area contributed by atoms with Gasteiger partial charge in [0.15, 0.2) is 0 Å². The van der Waals surface area contributed by atoms with Crippen LogP contribution in [0.3, 0.4) is 0 Å². The molecule has 0 radical (unpaired) electrons. The molecule has 1 aliphatic rings. The quantitative estimate of drug-likeness (QED) is 0.425. The van der Waals surface area contributed by atoms with E-state index in [0.717, 1.165) is 0 Å². The molecule has 0 amide bonds. The monoisotopic (exact) mass is 248 g/mol. The third-order valence-electron chi connectivity index (χ3n) is 3.82. The van der Waals surface area contributed by atoms with Gasteiger partial charge in [-0.25, -0.2) is 0 Å². The number of hydrogen-bond acceptors (Lipinski definition) is 0. The van der Waals surface area contributed by atoms with Gasteiger partial charge in [0, 0.05) is 0 Å². The summed E-state index contributed by atoms with van der Waals surface area (Å²) in [6, 6.07) is 0. The van der Waals surface area contributed by atoms with E-state index in [1.165, 1.54) is 89.9 Å². The van der Waals surface area contributed by atoms with Crippen molar-refractivity contribution in [3.8, 4) is 0 Å². The first-order valence-electron chi connectivity index (χ1n) is 8.30. The van der Waals surface area contributed by atoms with Crippen LogP contribution in [0.2, 0.25) is 0 Å². The molecule has 0 aromatic carbocycles. The van der Waals surface area contributed by atoms with E-state index >= 15 is 0 Å². The zero-order chi connectivity index (χ0) is 12.7. The molecule has 104 valence electrons. The average molecular weight is 248 g/mol. The van der Waals surface area contributed by atoms with Gasteiger partial charge < -0.3 is 0 Å². The van der Waals surface area contributed by atoms with Crippen molar-refractivity contribution in [2.45, 2.75) is 89.9 Å². The standard InChI is InChI=1S/C18H32/c1-2-4-6-8-10-12-14-16-18-17-15-13-11-9-7-5-3-1/h1-2,7,9H,3-6,8,10-18H2. The van der Waals surface area contributed by atoms with Gasteiger partial charge in [-0.15, -0.1) is 0 Å². The number of hydrogen-bond donors (Lipinski definition) is 0. The molecular weight excluding hydrogens is 216 g/mol. The number of rotatable bonds is 0. The van der Waals surface area contributed by atoms with Crippen LogP contribution in [0, 0.1) is 0 Å². The predicted molar refractivity (Wildman–Crippen MR) is 82.9 cm³/mol. The first-order chi connectivity index (χ1) is 9.00. The molecular formula is C18H32. The molecule has 1 aliphatic carbocycles. The summed E-state index contributed by atoms with van der Waals surface area (Å²) in [5.41, 5.74) is 0. The summed E-state index contributed by atoms with van der Waals surface area (Å²) in [4.78, 5) is 0. The molecule has 0 aliphatic heterocycles. The summed E-state index contributed by atoms with van der Waals surface area (Å²) in [6.07, 6.45) is 29.0. The molecule has 0 saturated heterocycles. The molecule has 0 bridgehead atoms. The summed E-state index contributed by atoms with van der Waals surface area (Å²) in [7, 11) is 0. The first-order valence-corrected chi connectivity index (χ1v) is 8.30. The Morgan fingerprint density at radius 2 is 0.556 bits per heavy atom. The molecule has 0 N–H and O–H groups in total. The van der Waals surface area contributed by atoms with Gasteiger partial charge in [0.2, 0.25) is 0 Å². The minimum atomic E-state index is 1.23. The predicted octanol–water partition coefficient (Wildman–Crippen LogP) is 6.57. The lowest BCUT2D eigenvalue weighted by Crippen LogP contribution is -1.82. The highest BCUT2D eigenvalue weighted by molar-refractivity contribution is 4.88. The van der Waals surface area contributed by atoms with Gasteiger partial charge >= 0.3 is 0 Å². The van der Waals surface area contributed by atoms with Crippen molar-refractivity contribution in [3.05, 3.63) is 24.3 Å². The molecule has 0 nitrogen and oxygen atoms in total. The molecule has 1 rings (SSSR count). The summed E-state index contributed by atoms with van der Waals surface area (Å²) in [5, 5.41) is 0. The van der Waals surface area contributed by atoms with E-state index in [1.54, 1.807) is 0 Å². The fraction of sp³-hybridized carbons (Fsp3) is 0.778. The second kappa shape index (κ2) is 12.9. The Morgan fingerprint density at radius 1 is 0.278 bits per heavy atom. The van der Waals surface area contributed by atoms with Crippen molar-refractivity contribution in [1.29, 1.82) is 0 Å². The van der Waals surface area contributed by atoms with Gasteiger partial charge in [0.1, 0.15) is 0 Å². The number of allylic oxidation sites excluding steroid dienone is 4. The highest BCUT2D eigenvalue weighted by Gasteiger charge is 1.93. The van der Waals surface area contributed by atoms with Crippen molar-refractivity contribution in [1.82, 2.24) is 0 Å². The zero-order valence-corrected chi connectivity index (χ0v) is 12.2. The van der Waals surface area contributed by atoms with Crippen LogP contribution in [0.5, 0.6) is 0 Å². The van der Waals surface area contributed by atoms with Gasteiger partial charge in [-0.3, -0.25) is 0 Å². The Labute approximate surface area is 115 Å². The smallest absolute Gasteiger partial charge is 0.0316 e.